The Hall–Kier alpha value is -1.96. The fourth-order valence-electron chi connectivity index (χ4n) is 3.75. The zero-order valence-electron chi connectivity index (χ0n) is 17.9. The molecule has 2 aromatic rings. The quantitative estimate of drug-likeness (QED) is 0.414. The number of amides is 1. The maximum Gasteiger partial charge on any atom is 0.407 e. The fraction of sp³-hybridized carbons (Fsp3) is 0.417. The van der Waals surface area contributed by atoms with Crippen LogP contribution in [0, 0.1) is 0 Å². The highest BCUT2D eigenvalue weighted by Crippen LogP contribution is 2.29. The first-order chi connectivity index (χ1) is 15.0. The summed E-state index contributed by atoms with van der Waals surface area (Å²) in [6.07, 6.45) is 8.52. The summed E-state index contributed by atoms with van der Waals surface area (Å²) in [5, 5.41) is 14.3. The van der Waals surface area contributed by atoms with Gasteiger partial charge in [0.1, 0.15) is 6.61 Å². The number of rotatable bonds is 8. The van der Waals surface area contributed by atoms with E-state index in [2.05, 4.69) is 5.32 Å². The van der Waals surface area contributed by atoms with Gasteiger partial charge in [0.15, 0.2) is 5.60 Å². The van der Waals surface area contributed by atoms with Crippen LogP contribution in [0.15, 0.2) is 58.3 Å². The Morgan fingerprint density at radius 3 is 2.06 bits per heavy atom. The average molecular weight is 460 g/mol. The van der Waals surface area contributed by atoms with Crippen LogP contribution in [0.25, 0.3) is 0 Å². The van der Waals surface area contributed by atoms with Crippen molar-refractivity contribution in [3.63, 3.8) is 0 Å². The van der Waals surface area contributed by atoms with Crippen molar-refractivity contribution in [2.75, 3.05) is 19.1 Å². The molecule has 1 saturated carbocycles. The van der Waals surface area contributed by atoms with E-state index in [9.17, 15) is 14.7 Å². The summed E-state index contributed by atoms with van der Waals surface area (Å²) in [6, 6.07) is 14.3. The molecule has 0 bridgehead atoms. The van der Waals surface area contributed by atoms with Crippen LogP contribution in [0.2, 0.25) is 0 Å². The molecule has 166 valence electrons. The number of ether oxygens (including phenoxy) is 1. The number of hydrogen-bond donors (Lipinski definition) is 2. The normalized spacial score (nSPS) is 16.4. The number of nitrogens with one attached hydrogen (secondary N) is 1. The Kier molecular flexibility index (Phi) is 8.46. The van der Waals surface area contributed by atoms with Gasteiger partial charge in [-0.05, 0) is 55.2 Å². The van der Waals surface area contributed by atoms with E-state index < -0.39 is 24.1 Å². The maximum atomic E-state index is 13.3. The van der Waals surface area contributed by atoms with Gasteiger partial charge in [-0.3, -0.25) is 4.79 Å². The van der Waals surface area contributed by atoms with Crippen LogP contribution in [0.4, 0.5) is 4.79 Å². The molecule has 2 aromatic carbocycles. The molecule has 0 saturated heterocycles. The van der Waals surface area contributed by atoms with Crippen molar-refractivity contribution in [2.45, 2.75) is 53.5 Å². The van der Waals surface area contributed by atoms with Crippen molar-refractivity contribution in [2.24, 2.45) is 0 Å². The van der Waals surface area contributed by atoms with Gasteiger partial charge in [-0.15, -0.1) is 23.5 Å². The van der Waals surface area contributed by atoms with Crippen molar-refractivity contribution in [3.8, 4) is 0 Å². The van der Waals surface area contributed by atoms with Gasteiger partial charge in [0.25, 0.3) is 0 Å². The Morgan fingerprint density at radius 1 is 0.968 bits per heavy atom. The second-order valence-electron chi connectivity index (χ2n) is 7.70. The summed E-state index contributed by atoms with van der Waals surface area (Å²) in [5.74, 6) is -0.498. The van der Waals surface area contributed by atoms with Crippen molar-refractivity contribution < 1.29 is 19.4 Å². The topological polar surface area (TPSA) is 75.6 Å². The number of carbonyl (C=O) groups excluding carboxylic acids is 2. The second-order valence-corrected chi connectivity index (χ2v) is 9.46. The standard InChI is InChI=1S/C24H29NO4S2/c1-30-20-12-8-17(9-13-20)22(26)24(28,18-10-14-21(31-2)15-11-18)16-29-23(27)25-19-6-4-3-5-7-19/h8-15,19,28H,3-7,16H2,1-2H3,(H,25,27). The summed E-state index contributed by atoms with van der Waals surface area (Å²) in [5.41, 5.74) is -1.21. The molecule has 1 amide bonds. The monoisotopic (exact) mass is 459 g/mol. The molecule has 1 aliphatic carbocycles. The highest BCUT2D eigenvalue weighted by atomic mass is 32.2. The van der Waals surface area contributed by atoms with Crippen LogP contribution in [0.3, 0.4) is 0 Å². The minimum absolute atomic E-state index is 0.0880. The molecule has 1 fully saturated rings. The third kappa shape index (κ3) is 6.05. The summed E-state index contributed by atoms with van der Waals surface area (Å²) >= 11 is 3.14. The summed E-state index contributed by atoms with van der Waals surface area (Å²) < 4.78 is 5.38. The third-order valence-corrected chi connectivity index (χ3v) is 7.12. The molecule has 5 nitrogen and oxygen atoms in total. The van der Waals surface area contributed by atoms with Crippen LogP contribution in [-0.4, -0.2) is 42.1 Å². The molecule has 0 spiro atoms. The molecule has 31 heavy (non-hydrogen) atoms. The van der Waals surface area contributed by atoms with Gasteiger partial charge in [-0.1, -0.05) is 43.5 Å². The van der Waals surface area contributed by atoms with Crippen LogP contribution >= 0.6 is 23.5 Å². The number of alkyl carbamates (subject to hydrolysis) is 1. The van der Waals surface area contributed by atoms with E-state index >= 15 is 0 Å². The van der Waals surface area contributed by atoms with Gasteiger partial charge in [0, 0.05) is 21.4 Å². The van der Waals surface area contributed by atoms with E-state index in [4.69, 9.17) is 4.74 Å². The zero-order chi connectivity index (χ0) is 22.3. The lowest BCUT2D eigenvalue weighted by Crippen LogP contribution is -2.44. The molecular weight excluding hydrogens is 430 g/mol. The van der Waals surface area contributed by atoms with Gasteiger partial charge in [0.2, 0.25) is 5.78 Å². The van der Waals surface area contributed by atoms with Crippen LogP contribution < -0.4 is 5.32 Å². The lowest BCUT2D eigenvalue weighted by Gasteiger charge is -2.28. The molecule has 0 heterocycles. The molecule has 0 radical (unpaired) electrons. The van der Waals surface area contributed by atoms with E-state index in [-0.39, 0.29) is 6.04 Å². The third-order valence-electron chi connectivity index (χ3n) is 5.63. The van der Waals surface area contributed by atoms with Gasteiger partial charge < -0.3 is 15.2 Å². The molecule has 7 heteroatoms. The first-order valence-electron chi connectivity index (χ1n) is 10.5. The molecule has 1 atom stereocenters. The Morgan fingerprint density at radius 2 is 1.52 bits per heavy atom. The van der Waals surface area contributed by atoms with E-state index in [1.807, 2.05) is 36.8 Å². The number of benzene rings is 2. The Balaban J connectivity index is 1.80. The van der Waals surface area contributed by atoms with E-state index in [1.165, 1.54) is 6.42 Å². The van der Waals surface area contributed by atoms with Gasteiger partial charge in [-0.25, -0.2) is 4.79 Å². The van der Waals surface area contributed by atoms with E-state index in [1.54, 1.807) is 47.8 Å². The molecule has 2 N–H and O–H groups in total. The van der Waals surface area contributed by atoms with Crippen molar-refractivity contribution in [3.05, 3.63) is 59.7 Å². The maximum absolute atomic E-state index is 13.3. The molecular formula is C24H29NO4S2. The minimum Gasteiger partial charge on any atom is -0.446 e. The SMILES string of the molecule is CSc1ccc(C(=O)C(O)(COC(=O)NC2CCCCC2)c2ccc(SC)cc2)cc1. The zero-order valence-corrected chi connectivity index (χ0v) is 19.6. The second kappa shape index (κ2) is 11.1. The number of carbonyl (C=O) groups is 2. The molecule has 0 aliphatic heterocycles. The number of aliphatic hydroxyl groups is 1. The lowest BCUT2D eigenvalue weighted by molar-refractivity contribution is -0.0110. The predicted molar refractivity (Wildman–Crippen MR) is 126 cm³/mol. The summed E-state index contributed by atoms with van der Waals surface area (Å²) in [6.45, 7) is -0.451. The van der Waals surface area contributed by atoms with Crippen LogP contribution in [-0.2, 0) is 10.3 Å². The van der Waals surface area contributed by atoms with E-state index in [0.29, 0.717) is 11.1 Å². The Bertz CT molecular complexity index is 879. The van der Waals surface area contributed by atoms with Crippen molar-refractivity contribution in [1.82, 2.24) is 5.32 Å². The molecule has 3 rings (SSSR count). The predicted octanol–water partition coefficient (Wildman–Crippen LogP) is 5.26. The molecule has 1 unspecified atom stereocenters. The number of Topliss-reactive ketones (excluding diaryl/α,β-unsaturated/α-hetero) is 1. The van der Waals surface area contributed by atoms with Gasteiger partial charge >= 0.3 is 6.09 Å². The average Bonchev–Trinajstić information content (AvgIpc) is 2.83. The smallest absolute Gasteiger partial charge is 0.407 e. The minimum atomic E-state index is -1.97. The number of hydrogen-bond acceptors (Lipinski definition) is 6. The Labute approximate surface area is 192 Å². The fourth-order valence-corrected chi connectivity index (χ4v) is 4.57. The molecule has 0 aromatic heterocycles. The largest absolute Gasteiger partial charge is 0.446 e. The van der Waals surface area contributed by atoms with Gasteiger partial charge in [0.05, 0.1) is 0 Å². The first-order valence-corrected chi connectivity index (χ1v) is 12.9. The van der Waals surface area contributed by atoms with Crippen molar-refractivity contribution >= 4 is 35.4 Å². The number of thioether (sulfide) groups is 2. The van der Waals surface area contributed by atoms with E-state index in [0.717, 1.165) is 35.5 Å². The molecule has 1 aliphatic rings. The highest BCUT2D eigenvalue weighted by molar-refractivity contribution is 7.98. The van der Waals surface area contributed by atoms with Crippen molar-refractivity contribution in [1.29, 1.82) is 0 Å². The first kappa shape index (κ1) is 23.7. The van der Waals surface area contributed by atoms with Crippen LogP contribution in [0.5, 0.6) is 0 Å². The van der Waals surface area contributed by atoms with Gasteiger partial charge in [-0.2, -0.15) is 0 Å². The lowest BCUT2D eigenvalue weighted by atomic mass is 9.86. The summed E-state index contributed by atoms with van der Waals surface area (Å²) in [7, 11) is 0. The summed E-state index contributed by atoms with van der Waals surface area (Å²) in [4.78, 5) is 27.8. The number of ketones is 1. The highest BCUT2D eigenvalue weighted by Gasteiger charge is 2.40. The van der Waals surface area contributed by atoms with Crippen LogP contribution in [0.1, 0.15) is 48.0 Å².